The van der Waals surface area contributed by atoms with Gasteiger partial charge < -0.3 is 20.1 Å². The van der Waals surface area contributed by atoms with Crippen molar-refractivity contribution < 1.29 is 23.8 Å². The monoisotopic (exact) mass is 406 g/mol. The molecule has 0 fully saturated rings. The number of nitrogens with zero attached hydrogens (tertiary/aromatic N) is 1. The fourth-order valence-electron chi connectivity index (χ4n) is 3.68. The van der Waals surface area contributed by atoms with Gasteiger partial charge in [-0.25, -0.2) is 4.39 Å². The smallest absolute Gasteiger partial charge is 0.258 e. The summed E-state index contributed by atoms with van der Waals surface area (Å²) in [4.78, 5) is 25.4. The van der Waals surface area contributed by atoms with Crippen molar-refractivity contribution in [2.45, 2.75) is 6.42 Å². The fraction of sp³-hybridized carbons (Fsp3) is 0.130. The van der Waals surface area contributed by atoms with Crippen molar-refractivity contribution in [2.75, 3.05) is 23.9 Å². The Hall–Kier alpha value is -3.87. The van der Waals surface area contributed by atoms with Crippen LogP contribution in [-0.2, 0) is 11.2 Å². The van der Waals surface area contributed by atoms with E-state index in [1.54, 1.807) is 29.2 Å². The van der Waals surface area contributed by atoms with Gasteiger partial charge in [0.25, 0.3) is 5.91 Å². The molecule has 152 valence electrons. The van der Waals surface area contributed by atoms with Gasteiger partial charge in [0, 0.05) is 29.4 Å². The number of halogens is 1. The predicted molar refractivity (Wildman–Crippen MR) is 112 cm³/mol. The summed E-state index contributed by atoms with van der Waals surface area (Å²) < 4.78 is 18.8. The normalized spacial score (nSPS) is 13.0. The Bertz CT molecular complexity index is 1150. The SMILES string of the molecule is COc1cc(F)ccc1-c1ccc2c(c1)CCN(c1ccc(O)c(NC=O)c1)C2=O. The number of rotatable bonds is 5. The maximum absolute atomic E-state index is 13.5. The van der Waals surface area contributed by atoms with Crippen LogP contribution in [0.25, 0.3) is 11.1 Å². The summed E-state index contributed by atoms with van der Waals surface area (Å²) in [5, 5.41) is 12.3. The zero-order valence-electron chi connectivity index (χ0n) is 16.2. The average Bonchev–Trinajstić information content (AvgIpc) is 2.75. The third-order valence-electron chi connectivity index (χ3n) is 5.17. The van der Waals surface area contributed by atoms with Crippen molar-refractivity contribution in [1.29, 1.82) is 0 Å². The number of methoxy groups -OCH3 is 1. The number of benzene rings is 3. The molecule has 0 unspecified atom stereocenters. The van der Waals surface area contributed by atoms with E-state index in [0.717, 1.165) is 16.7 Å². The Balaban J connectivity index is 1.67. The van der Waals surface area contributed by atoms with E-state index >= 15 is 0 Å². The minimum Gasteiger partial charge on any atom is -0.506 e. The van der Waals surface area contributed by atoms with Crippen LogP contribution in [-0.4, -0.2) is 31.1 Å². The molecule has 0 atom stereocenters. The van der Waals surface area contributed by atoms with Gasteiger partial charge in [-0.15, -0.1) is 0 Å². The number of anilines is 2. The molecule has 0 bridgehead atoms. The number of hydrogen-bond donors (Lipinski definition) is 2. The number of carbonyl (C=O) groups excluding carboxylic acids is 2. The minimum absolute atomic E-state index is 0.0754. The topological polar surface area (TPSA) is 78.9 Å². The first-order valence-electron chi connectivity index (χ1n) is 9.33. The van der Waals surface area contributed by atoms with Crippen LogP contribution >= 0.6 is 0 Å². The van der Waals surface area contributed by atoms with Gasteiger partial charge in [-0.05, 0) is 53.9 Å². The molecule has 3 aromatic rings. The summed E-state index contributed by atoms with van der Waals surface area (Å²) in [6.07, 6.45) is 1.09. The lowest BCUT2D eigenvalue weighted by molar-refractivity contribution is -0.105. The van der Waals surface area contributed by atoms with Gasteiger partial charge in [-0.1, -0.05) is 12.1 Å². The molecule has 0 saturated heterocycles. The molecule has 1 aliphatic heterocycles. The van der Waals surface area contributed by atoms with Crippen LogP contribution in [0.15, 0.2) is 54.6 Å². The molecule has 30 heavy (non-hydrogen) atoms. The molecule has 4 rings (SSSR count). The maximum Gasteiger partial charge on any atom is 0.258 e. The summed E-state index contributed by atoms with van der Waals surface area (Å²) in [5.41, 5.74) is 3.87. The van der Waals surface area contributed by atoms with Crippen molar-refractivity contribution in [1.82, 2.24) is 0 Å². The Morgan fingerprint density at radius 1 is 1.10 bits per heavy atom. The quantitative estimate of drug-likeness (QED) is 0.496. The maximum atomic E-state index is 13.5. The van der Waals surface area contributed by atoms with E-state index in [-0.39, 0.29) is 23.2 Å². The van der Waals surface area contributed by atoms with Crippen molar-refractivity contribution >= 4 is 23.7 Å². The standard InChI is InChI=1S/C23H19FN2O4/c1-30-22-11-16(24)3-6-18(22)14-2-5-19-15(10-14)8-9-26(23(19)29)17-4-7-21(28)20(12-17)25-13-27/h2-7,10-13,28H,8-9H2,1H3,(H,25,27). The second-order valence-corrected chi connectivity index (χ2v) is 6.89. The third-order valence-corrected chi connectivity index (χ3v) is 5.17. The number of fused-ring (bicyclic) bond motifs is 1. The van der Waals surface area contributed by atoms with Crippen LogP contribution in [0, 0.1) is 5.82 Å². The summed E-state index contributed by atoms with van der Waals surface area (Å²) >= 11 is 0. The number of carbonyl (C=O) groups is 2. The van der Waals surface area contributed by atoms with Crippen molar-refractivity contribution in [3.05, 3.63) is 71.5 Å². The third kappa shape index (κ3) is 3.45. The van der Waals surface area contributed by atoms with Gasteiger partial charge in [-0.3, -0.25) is 9.59 Å². The highest BCUT2D eigenvalue weighted by Gasteiger charge is 2.26. The molecule has 0 aromatic heterocycles. The van der Waals surface area contributed by atoms with Crippen LogP contribution in [0.5, 0.6) is 11.5 Å². The average molecular weight is 406 g/mol. The van der Waals surface area contributed by atoms with Gasteiger partial charge in [0.1, 0.15) is 17.3 Å². The minimum atomic E-state index is -0.378. The molecule has 2 amide bonds. The number of aromatic hydroxyl groups is 1. The first-order valence-corrected chi connectivity index (χ1v) is 9.33. The van der Waals surface area contributed by atoms with Crippen LogP contribution in [0.4, 0.5) is 15.8 Å². The fourth-order valence-corrected chi connectivity index (χ4v) is 3.68. The largest absolute Gasteiger partial charge is 0.506 e. The van der Waals surface area contributed by atoms with E-state index in [9.17, 15) is 19.1 Å². The van der Waals surface area contributed by atoms with Gasteiger partial charge >= 0.3 is 0 Å². The lowest BCUT2D eigenvalue weighted by Crippen LogP contribution is -2.37. The summed E-state index contributed by atoms with van der Waals surface area (Å²) in [6, 6.07) is 14.5. The van der Waals surface area contributed by atoms with E-state index < -0.39 is 0 Å². The Morgan fingerprint density at radius 3 is 2.67 bits per heavy atom. The van der Waals surface area contributed by atoms with Crippen LogP contribution in [0.2, 0.25) is 0 Å². The molecular weight excluding hydrogens is 387 g/mol. The van der Waals surface area contributed by atoms with Crippen LogP contribution < -0.4 is 15.0 Å². The number of phenols is 1. The van der Waals surface area contributed by atoms with Crippen molar-refractivity contribution in [3.63, 3.8) is 0 Å². The van der Waals surface area contributed by atoms with E-state index in [0.29, 0.717) is 36.4 Å². The van der Waals surface area contributed by atoms with Crippen LogP contribution in [0.3, 0.4) is 0 Å². The first-order chi connectivity index (χ1) is 14.5. The van der Waals surface area contributed by atoms with Crippen molar-refractivity contribution in [3.8, 4) is 22.6 Å². The molecule has 6 nitrogen and oxygen atoms in total. The Labute approximate surface area is 172 Å². The Kier molecular flexibility index (Phi) is 5.10. The molecule has 1 heterocycles. The predicted octanol–water partition coefficient (Wildman–Crippen LogP) is 3.98. The zero-order chi connectivity index (χ0) is 21.3. The van der Waals surface area contributed by atoms with E-state index in [1.165, 1.54) is 25.3 Å². The van der Waals surface area contributed by atoms with Crippen LogP contribution in [0.1, 0.15) is 15.9 Å². The molecule has 0 spiro atoms. The van der Waals surface area contributed by atoms with Gasteiger partial charge in [-0.2, -0.15) is 0 Å². The number of phenolic OH excluding ortho intramolecular Hbond substituents is 1. The lowest BCUT2D eigenvalue weighted by atomic mass is 9.93. The van der Waals surface area contributed by atoms with Gasteiger partial charge in [0.2, 0.25) is 6.41 Å². The molecule has 2 N–H and O–H groups in total. The number of nitrogens with one attached hydrogen (secondary N) is 1. The highest BCUT2D eigenvalue weighted by Crippen LogP contribution is 2.35. The molecule has 7 heteroatoms. The summed E-state index contributed by atoms with van der Waals surface area (Å²) in [5.74, 6) is -0.195. The molecule has 3 aromatic carbocycles. The van der Waals surface area contributed by atoms with E-state index in [1.807, 2.05) is 12.1 Å². The van der Waals surface area contributed by atoms with Gasteiger partial charge in [0.15, 0.2) is 0 Å². The lowest BCUT2D eigenvalue weighted by Gasteiger charge is -2.29. The number of amides is 2. The van der Waals surface area contributed by atoms with Crippen molar-refractivity contribution in [2.24, 2.45) is 0 Å². The van der Waals surface area contributed by atoms with E-state index in [4.69, 9.17) is 4.74 Å². The molecule has 0 radical (unpaired) electrons. The highest BCUT2D eigenvalue weighted by atomic mass is 19.1. The van der Waals surface area contributed by atoms with Gasteiger partial charge in [0.05, 0.1) is 12.8 Å². The second-order valence-electron chi connectivity index (χ2n) is 6.89. The summed E-state index contributed by atoms with van der Waals surface area (Å²) in [6.45, 7) is 0.446. The number of hydrogen-bond acceptors (Lipinski definition) is 4. The zero-order valence-corrected chi connectivity index (χ0v) is 16.2. The summed E-state index contributed by atoms with van der Waals surface area (Å²) in [7, 11) is 1.49. The number of ether oxygens (including phenoxy) is 1. The van der Waals surface area contributed by atoms with E-state index in [2.05, 4.69) is 5.32 Å². The first kappa shape index (κ1) is 19.4. The highest BCUT2D eigenvalue weighted by molar-refractivity contribution is 6.09. The molecular formula is C23H19FN2O4. The second kappa shape index (κ2) is 7.87. The molecule has 0 aliphatic carbocycles. The molecule has 0 saturated carbocycles. The Morgan fingerprint density at radius 2 is 1.90 bits per heavy atom. The molecule has 1 aliphatic rings.